The summed E-state index contributed by atoms with van der Waals surface area (Å²) in [6.07, 6.45) is -4.74. The molecule has 0 bridgehead atoms. The Labute approximate surface area is 83.2 Å². The molecule has 0 heterocycles. The number of phenolic OH excluding ortho intramolecular Hbond substituents is 1. The average molecular weight is 241 g/mol. The van der Waals surface area contributed by atoms with Crippen molar-refractivity contribution < 1.29 is 26.7 Å². The van der Waals surface area contributed by atoms with Crippen LogP contribution in [0.1, 0.15) is 5.56 Å². The van der Waals surface area contributed by atoms with Crippen molar-refractivity contribution in [2.75, 3.05) is 0 Å². The Bertz CT molecular complexity index is 481. The smallest absolute Gasteiger partial charge is 0.416 e. The molecule has 8 heteroatoms. The number of sulfonamides is 1. The predicted octanol–water partition coefficient (Wildman–Crippen LogP) is 1.06. The molecule has 0 radical (unpaired) electrons. The van der Waals surface area contributed by atoms with Crippen molar-refractivity contribution in [1.82, 2.24) is 0 Å². The van der Waals surface area contributed by atoms with Gasteiger partial charge in [0.15, 0.2) is 0 Å². The van der Waals surface area contributed by atoms with Crippen molar-refractivity contribution in [1.29, 1.82) is 0 Å². The molecule has 0 saturated carbocycles. The van der Waals surface area contributed by atoms with Crippen molar-refractivity contribution >= 4 is 10.0 Å². The lowest BCUT2D eigenvalue weighted by molar-refractivity contribution is -0.137. The first-order chi connectivity index (χ1) is 6.60. The van der Waals surface area contributed by atoms with Crippen LogP contribution in [0, 0.1) is 0 Å². The number of rotatable bonds is 1. The van der Waals surface area contributed by atoms with Crippen LogP contribution in [-0.4, -0.2) is 13.5 Å². The van der Waals surface area contributed by atoms with Gasteiger partial charge in [-0.15, -0.1) is 0 Å². The molecule has 1 rings (SSSR count). The van der Waals surface area contributed by atoms with Gasteiger partial charge in [0, 0.05) is 0 Å². The number of halogens is 3. The van der Waals surface area contributed by atoms with Crippen LogP contribution in [0.5, 0.6) is 5.75 Å². The molecule has 0 atom stereocenters. The minimum atomic E-state index is -4.74. The van der Waals surface area contributed by atoms with E-state index in [1.54, 1.807) is 0 Å². The fraction of sp³-hybridized carbons (Fsp3) is 0.143. The highest BCUT2D eigenvalue weighted by molar-refractivity contribution is 7.89. The number of alkyl halides is 3. The van der Waals surface area contributed by atoms with Gasteiger partial charge in [-0.2, -0.15) is 13.2 Å². The van der Waals surface area contributed by atoms with Crippen LogP contribution >= 0.6 is 0 Å². The summed E-state index contributed by atoms with van der Waals surface area (Å²) < 4.78 is 58.1. The molecule has 4 nitrogen and oxygen atoms in total. The van der Waals surface area contributed by atoms with Crippen LogP contribution in [0.25, 0.3) is 0 Å². The van der Waals surface area contributed by atoms with Gasteiger partial charge in [0.05, 0.1) is 10.5 Å². The first-order valence-corrected chi connectivity index (χ1v) is 5.09. The van der Waals surface area contributed by atoms with Crippen LogP contribution < -0.4 is 5.14 Å². The van der Waals surface area contributed by atoms with E-state index < -0.39 is 32.4 Å². The summed E-state index contributed by atoms with van der Waals surface area (Å²) >= 11 is 0. The number of aromatic hydroxyl groups is 1. The van der Waals surface area contributed by atoms with Gasteiger partial charge >= 0.3 is 6.18 Å². The molecule has 0 unspecified atom stereocenters. The summed E-state index contributed by atoms with van der Waals surface area (Å²) in [5, 5.41) is 13.5. The van der Waals surface area contributed by atoms with E-state index in [-0.39, 0.29) is 0 Å². The highest BCUT2D eigenvalue weighted by Gasteiger charge is 2.32. The van der Waals surface area contributed by atoms with Gasteiger partial charge < -0.3 is 5.11 Å². The molecule has 0 aromatic heterocycles. The fourth-order valence-corrected chi connectivity index (χ4v) is 1.49. The van der Waals surface area contributed by atoms with E-state index in [9.17, 15) is 21.6 Å². The zero-order chi connectivity index (χ0) is 11.9. The Morgan fingerprint density at radius 3 is 2.13 bits per heavy atom. The van der Waals surface area contributed by atoms with E-state index in [1.807, 2.05) is 0 Å². The monoisotopic (exact) mass is 241 g/mol. The van der Waals surface area contributed by atoms with Gasteiger partial charge in [-0.25, -0.2) is 13.6 Å². The van der Waals surface area contributed by atoms with Gasteiger partial charge in [-0.3, -0.25) is 0 Å². The number of primary sulfonamides is 1. The summed E-state index contributed by atoms with van der Waals surface area (Å²) in [5.41, 5.74) is -1.27. The molecule has 0 saturated heterocycles. The maximum Gasteiger partial charge on any atom is 0.416 e. The quantitative estimate of drug-likeness (QED) is 0.771. The fourth-order valence-electron chi connectivity index (χ4n) is 0.911. The second-order valence-corrected chi connectivity index (χ2v) is 4.32. The molecule has 0 amide bonds. The van der Waals surface area contributed by atoms with E-state index in [0.717, 1.165) is 0 Å². The second kappa shape index (κ2) is 3.38. The molecule has 0 aliphatic rings. The number of hydrogen-bond acceptors (Lipinski definition) is 3. The minimum Gasteiger partial charge on any atom is -0.508 e. The van der Waals surface area contributed by atoms with Gasteiger partial charge in [-0.1, -0.05) is 0 Å². The predicted molar refractivity (Wildman–Crippen MR) is 44.5 cm³/mol. The summed E-state index contributed by atoms with van der Waals surface area (Å²) in [5.74, 6) is -0.811. The first-order valence-electron chi connectivity index (χ1n) is 3.55. The lowest BCUT2D eigenvalue weighted by Gasteiger charge is -2.08. The lowest BCUT2D eigenvalue weighted by atomic mass is 10.2. The maximum absolute atomic E-state index is 12.2. The SMILES string of the molecule is NS(=O)(=O)c1cc(O)cc(C(F)(F)F)c1. The number of phenols is 1. The van der Waals surface area contributed by atoms with E-state index in [0.29, 0.717) is 18.2 Å². The highest BCUT2D eigenvalue weighted by Crippen LogP contribution is 2.33. The molecular formula is C7H6F3NO3S. The van der Waals surface area contributed by atoms with Crippen LogP contribution in [0.15, 0.2) is 23.1 Å². The molecule has 0 fully saturated rings. The Balaban J connectivity index is 3.43. The van der Waals surface area contributed by atoms with Gasteiger partial charge in [-0.05, 0) is 18.2 Å². The van der Waals surface area contributed by atoms with Gasteiger partial charge in [0.1, 0.15) is 5.75 Å². The molecule has 1 aromatic carbocycles. The second-order valence-electron chi connectivity index (χ2n) is 2.76. The van der Waals surface area contributed by atoms with Crippen LogP contribution in [-0.2, 0) is 16.2 Å². The molecule has 0 spiro atoms. The van der Waals surface area contributed by atoms with Gasteiger partial charge in [0.25, 0.3) is 0 Å². The minimum absolute atomic E-state index is 0.356. The molecule has 84 valence electrons. The molecule has 3 N–H and O–H groups in total. The summed E-state index contributed by atoms with van der Waals surface area (Å²) in [7, 11) is -4.27. The van der Waals surface area contributed by atoms with Crippen molar-refractivity contribution in [2.45, 2.75) is 11.1 Å². The van der Waals surface area contributed by atoms with E-state index in [1.165, 1.54) is 0 Å². The van der Waals surface area contributed by atoms with Crippen LogP contribution in [0.2, 0.25) is 0 Å². The summed E-state index contributed by atoms with van der Waals surface area (Å²) in [6.45, 7) is 0. The number of nitrogens with two attached hydrogens (primary N) is 1. The zero-order valence-electron chi connectivity index (χ0n) is 7.12. The third kappa shape index (κ3) is 2.83. The number of hydrogen-bond donors (Lipinski definition) is 2. The lowest BCUT2D eigenvalue weighted by Crippen LogP contribution is -2.14. The van der Waals surface area contributed by atoms with Crippen LogP contribution in [0.3, 0.4) is 0 Å². The average Bonchev–Trinajstić information content (AvgIpc) is 1.99. The van der Waals surface area contributed by atoms with E-state index >= 15 is 0 Å². The van der Waals surface area contributed by atoms with Crippen molar-refractivity contribution in [3.63, 3.8) is 0 Å². The Morgan fingerprint density at radius 1 is 1.20 bits per heavy atom. The Hall–Kier alpha value is -1.28. The first kappa shape index (κ1) is 11.8. The third-order valence-corrected chi connectivity index (χ3v) is 2.44. The van der Waals surface area contributed by atoms with Crippen molar-refractivity contribution in [3.05, 3.63) is 23.8 Å². The van der Waals surface area contributed by atoms with Crippen molar-refractivity contribution in [2.24, 2.45) is 5.14 Å². The molecule has 0 aliphatic heterocycles. The summed E-state index contributed by atoms with van der Waals surface area (Å²) in [4.78, 5) is -0.783. The van der Waals surface area contributed by atoms with E-state index in [4.69, 9.17) is 5.11 Å². The maximum atomic E-state index is 12.2. The standard InChI is InChI=1S/C7H6F3NO3S/c8-7(9,10)4-1-5(12)3-6(2-4)15(11,13)14/h1-3,12H,(H2,11,13,14). The zero-order valence-corrected chi connectivity index (χ0v) is 7.93. The molecule has 0 aliphatic carbocycles. The van der Waals surface area contributed by atoms with E-state index in [2.05, 4.69) is 5.14 Å². The summed E-state index contributed by atoms with van der Waals surface area (Å²) in [6, 6.07) is 1.41. The third-order valence-electron chi connectivity index (χ3n) is 1.55. The Morgan fingerprint density at radius 2 is 1.73 bits per heavy atom. The topological polar surface area (TPSA) is 80.4 Å². The normalized spacial score (nSPS) is 12.8. The molecule has 15 heavy (non-hydrogen) atoms. The number of benzene rings is 1. The molecular weight excluding hydrogens is 235 g/mol. The van der Waals surface area contributed by atoms with Crippen molar-refractivity contribution in [3.8, 4) is 5.75 Å². The highest BCUT2D eigenvalue weighted by atomic mass is 32.2. The van der Waals surface area contributed by atoms with Crippen LogP contribution in [0.4, 0.5) is 13.2 Å². The molecule has 1 aromatic rings. The Kier molecular flexibility index (Phi) is 2.66. The van der Waals surface area contributed by atoms with Gasteiger partial charge in [0.2, 0.25) is 10.0 Å². The largest absolute Gasteiger partial charge is 0.508 e.